The summed E-state index contributed by atoms with van der Waals surface area (Å²) < 4.78 is 35.1. The molecule has 3 heterocycles. The van der Waals surface area contributed by atoms with Crippen molar-refractivity contribution in [1.82, 2.24) is 19.2 Å². The van der Waals surface area contributed by atoms with Gasteiger partial charge in [0.15, 0.2) is 5.03 Å². The summed E-state index contributed by atoms with van der Waals surface area (Å²) in [4.78, 5) is 6.65. The molecule has 0 aromatic carbocycles. The predicted octanol–water partition coefficient (Wildman–Crippen LogP) is 0.999. The molecule has 0 saturated carbocycles. The SMILES string of the molecule is CC1CN(CCCNS(=O)(=O)c2cn3c(n2)CCCC3)CCCO1. The number of nitrogens with zero attached hydrogens (tertiary/aromatic N) is 3. The maximum Gasteiger partial charge on any atom is 0.259 e. The summed E-state index contributed by atoms with van der Waals surface area (Å²) in [5.41, 5.74) is 0. The lowest BCUT2D eigenvalue weighted by atomic mass is 10.2. The van der Waals surface area contributed by atoms with Crippen molar-refractivity contribution >= 4 is 10.0 Å². The van der Waals surface area contributed by atoms with E-state index in [1.54, 1.807) is 6.20 Å². The van der Waals surface area contributed by atoms with Gasteiger partial charge in [0.05, 0.1) is 6.10 Å². The van der Waals surface area contributed by atoms with E-state index >= 15 is 0 Å². The topological polar surface area (TPSA) is 76.5 Å². The van der Waals surface area contributed by atoms with Crippen LogP contribution in [0.2, 0.25) is 0 Å². The third-order valence-corrected chi connectivity index (χ3v) is 5.97. The van der Waals surface area contributed by atoms with Crippen LogP contribution in [0.15, 0.2) is 11.2 Å². The number of rotatable bonds is 6. The van der Waals surface area contributed by atoms with Crippen LogP contribution in [-0.2, 0) is 27.7 Å². The van der Waals surface area contributed by atoms with Crippen LogP contribution in [0.4, 0.5) is 0 Å². The lowest BCUT2D eigenvalue weighted by Gasteiger charge is -2.21. The average molecular weight is 356 g/mol. The minimum absolute atomic E-state index is 0.163. The highest BCUT2D eigenvalue weighted by molar-refractivity contribution is 7.89. The first-order valence-corrected chi connectivity index (χ1v) is 10.4. The number of fused-ring (bicyclic) bond motifs is 1. The first-order chi connectivity index (χ1) is 11.5. The Bertz CT molecular complexity index is 620. The van der Waals surface area contributed by atoms with Crippen LogP contribution in [0.25, 0.3) is 0 Å². The van der Waals surface area contributed by atoms with Crippen LogP contribution < -0.4 is 4.72 Å². The van der Waals surface area contributed by atoms with Crippen molar-refractivity contribution < 1.29 is 13.2 Å². The van der Waals surface area contributed by atoms with Gasteiger partial charge in [0.2, 0.25) is 0 Å². The molecular formula is C16H28N4O3S. The zero-order chi connectivity index (χ0) is 17.0. The third kappa shape index (κ3) is 4.56. The fourth-order valence-electron chi connectivity index (χ4n) is 3.38. The Balaban J connectivity index is 1.47. The van der Waals surface area contributed by atoms with Gasteiger partial charge in [-0.2, -0.15) is 0 Å². The quantitative estimate of drug-likeness (QED) is 0.770. The summed E-state index contributed by atoms with van der Waals surface area (Å²) in [6, 6.07) is 0. The van der Waals surface area contributed by atoms with E-state index in [0.29, 0.717) is 6.54 Å². The van der Waals surface area contributed by atoms with E-state index in [2.05, 4.69) is 21.5 Å². The number of aromatic nitrogens is 2. The maximum absolute atomic E-state index is 12.4. The number of sulfonamides is 1. The minimum Gasteiger partial charge on any atom is -0.377 e. The lowest BCUT2D eigenvalue weighted by Crippen LogP contribution is -2.33. The molecule has 2 aliphatic heterocycles. The van der Waals surface area contributed by atoms with Gasteiger partial charge < -0.3 is 14.2 Å². The second kappa shape index (κ2) is 7.95. The van der Waals surface area contributed by atoms with Gasteiger partial charge in [0.1, 0.15) is 5.82 Å². The molecule has 8 heteroatoms. The molecule has 24 heavy (non-hydrogen) atoms. The van der Waals surface area contributed by atoms with Crippen LogP contribution in [0.1, 0.15) is 38.4 Å². The fourth-order valence-corrected chi connectivity index (χ4v) is 4.43. The first kappa shape index (κ1) is 17.8. The minimum atomic E-state index is -3.50. The second-order valence-corrected chi connectivity index (χ2v) is 8.45. The van der Waals surface area contributed by atoms with Crippen molar-refractivity contribution in [2.24, 2.45) is 0 Å². The van der Waals surface area contributed by atoms with E-state index in [9.17, 15) is 8.42 Å². The number of hydrogen-bond donors (Lipinski definition) is 1. The fraction of sp³-hybridized carbons (Fsp3) is 0.812. The highest BCUT2D eigenvalue weighted by atomic mass is 32.2. The molecule has 7 nitrogen and oxygen atoms in total. The van der Waals surface area contributed by atoms with Gasteiger partial charge in [-0.05, 0) is 39.2 Å². The molecule has 0 spiro atoms. The van der Waals surface area contributed by atoms with Gasteiger partial charge >= 0.3 is 0 Å². The molecular weight excluding hydrogens is 328 g/mol. The molecule has 0 bridgehead atoms. The van der Waals surface area contributed by atoms with Crippen LogP contribution in [0.3, 0.4) is 0 Å². The highest BCUT2D eigenvalue weighted by Gasteiger charge is 2.21. The van der Waals surface area contributed by atoms with Crippen LogP contribution in [-0.4, -0.2) is 61.8 Å². The van der Waals surface area contributed by atoms with Crippen molar-refractivity contribution in [3.63, 3.8) is 0 Å². The number of ether oxygens (including phenoxy) is 1. The molecule has 1 N–H and O–H groups in total. The van der Waals surface area contributed by atoms with Crippen molar-refractivity contribution in [3.05, 3.63) is 12.0 Å². The Hall–Kier alpha value is -0.960. The molecule has 1 aromatic heterocycles. The van der Waals surface area contributed by atoms with Crippen LogP contribution in [0, 0.1) is 0 Å². The summed E-state index contributed by atoms with van der Waals surface area (Å²) in [7, 11) is -3.50. The molecule has 0 radical (unpaired) electrons. The predicted molar refractivity (Wildman–Crippen MR) is 91.4 cm³/mol. The Morgan fingerprint density at radius 3 is 3.04 bits per heavy atom. The molecule has 1 unspecified atom stereocenters. The highest BCUT2D eigenvalue weighted by Crippen LogP contribution is 2.17. The van der Waals surface area contributed by atoms with E-state index in [1.165, 1.54) is 0 Å². The third-order valence-electron chi connectivity index (χ3n) is 4.64. The van der Waals surface area contributed by atoms with Gasteiger partial charge in [-0.15, -0.1) is 0 Å². The molecule has 3 rings (SSSR count). The van der Waals surface area contributed by atoms with Crippen molar-refractivity contribution in [3.8, 4) is 0 Å². The summed E-state index contributed by atoms with van der Waals surface area (Å²) in [6.07, 6.45) is 6.79. The van der Waals surface area contributed by atoms with Crippen molar-refractivity contribution in [2.75, 3.05) is 32.8 Å². The number of imidazole rings is 1. The standard InChI is InChI=1S/C16H28N4O3S/c1-14-12-19(9-5-11-23-14)8-4-7-17-24(21,22)16-13-20-10-3-2-6-15(20)18-16/h13-14,17H,2-12H2,1H3. The molecule has 0 aliphatic carbocycles. The normalized spacial score (nSPS) is 23.0. The summed E-state index contributed by atoms with van der Waals surface area (Å²) in [5.74, 6) is 0.889. The molecule has 1 atom stereocenters. The smallest absolute Gasteiger partial charge is 0.259 e. The van der Waals surface area contributed by atoms with Gasteiger partial charge in [0, 0.05) is 45.4 Å². The molecule has 136 valence electrons. The van der Waals surface area contributed by atoms with Gasteiger partial charge in [-0.25, -0.2) is 18.1 Å². The van der Waals surface area contributed by atoms with E-state index in [1.807, 2.05) is 4.57 Å². The Morgan fingerprint density at radius 2 is 2.21 bits per heavy atom. The average Bonchev–Trinajstić information content (AvgIpc) is 2.90. The summed E-state index contributed by atoms with van der Waals surface area (Å²) in [5, 5.41) is 0.163. The largest absolute Gasteiger partial charge is 0.377 e. The van der Waals surface area contributed by atoms with Gasteiger partial charge in [-0.3, -0.25) is 0 Å². The van der Waals surface area contributed by atoms with Gasteiger partial charge in [-0.1, -0.05) is 0 Å². The molecule has 2 aliphatic rings. The molecule has 1 aromatic rings. The number of nitrogens with one attached hydrogen (secondary N) is 1. The Kier molecular flexibility index (Phi) is 5.91. The Labute approximate surface area is 144 Å². The van der Waals surface area contributed by atoms with E-state index in [0.717, 1.165) is 70.7 Å². The van der Waals surface area contributed by atoms with Crippen LogP contribution >= 0.6 is 0 Å². The van der Waals surface area contributed by atoms with Gasteiger partial charge in [0.25, 0.3) is 10.0 Å². The van der Waals surface area contributed by atoms with E-state index in [-0.39, 0.29) is 11.1 Å². The monoisotopic (exact) mass is 356 g/mol. The Morgan fingerprint density at radius 1 is 1.33 bits per heavy atom. The molecule has 1 saturated heterocycles. The van der Waals surface area contributed by atoms with Crippen LogP contribution in [0.5, 0.6) is 0 Å². The molecule has 1 fully saturated rings. The van der Waals surface area contributed by atoms with E-state index < -0.39 is 10.0 Å². The van der Waals surface area contributed by atoms with E-state index in [4.69, 9.17) is 4.74 Å². The number of aryl methyl sites for hydroxylation is 2. The molecule has 0 amide bonds. The zero-order valence-electron chi connectivity index (χ0n) is 14.4. The van der Waals surface area contributed by atoms with Crippen molar-refractivity contribution in [1.29, 1.82) is 0 Å². The second-order valence-electron chi connectivity index (χ2n) is 6.73. The zero-order valence-corrected chi connectivity index (χ0v) is 15.2. The van der Waals surface area contributed by atoms with Crippen molar-refractivity contribution in [2.45, 2.75) is 56.7 Å². The maximum atomic E-state index is 12.4. The first-order valence-electron chi connectivity index (χ1n) is 8.94. The lowest BCUT2D eigenvalue weighted by molar-refractivity contribution is 0.0677. The summed E-state index contributed by atoms with van der Waals surface area (Å²) >= 11 is 0. The number of hydrogen-bond acceptors (Lipinski definition) is 5. The summed E-state index contributed by atoms with van der Waals surface area (Å²) in [6.45, 7) is 7.03.